The van der Waals surface area contributed by atoms with Gasteiger partial charge >= 0.3 is 6.18 Å². The molecule has 0 fully saturated rings. The number of rotatable bonds is 3. The molecule has 0 bridgehead atoms. The molecule has 4 nitrogen and oxygen atoms in total. The number of nitrogens with zero attached hydrogens (tertiary/aromatic N) is 3. The highest BCUT2D eigenvalue weighted by Crippen LogP contribution is 2.30. The molecule has 1 heterocycles. The van der Waals surface area contributed by atoms with Gasteiger partial charge in [0.15, 0.2) is 5.69 Å². The van der Waals surface area contributed by atoms with Crippen molar-refractivity contribution in [3.8, 4) is 0 Å². The summed E-state index contributed by atoms with van der Waals surface area (Å²) in [7, 11) is 0. The van der Waals surface area contributed by atoms with Crippen LogP contribution in [0.3, 0.4) is 0 Å². The molecule has 7 heteroatoms. The molecule has 2 rings (SSSR count). The number of aryl methyl sites for hydroxylation is 1. The molecule has 0 saturated heterocycles. The molecule has 0 saturated carbocycles. The lowest BCUT2D eigenvalue weighted by Crippen LogP contribution is -2.12. The van der Waals surface area contributed by atoms with E-state index in [9.17, 15) is 13.2 Å². The Morgan fingerprint density at radius 3 is 2.55 bits per heavy atom. The predicted octanol–water partition coefficient (Wildman–Crippen LogP) is 3.25. The first-order chi connectivity index (χ1) is 9.47. The van der Waals surface area contributed by atoms with Crippen molar-refractivity contribution in [2.75, 3.05) is 5.43 Å². The number of hydrogen-bond acceptors (Lipinski definition) is 4. The number of benzene rings is 1. The summed E-state index contributed by atoms with van der Waals surface area (Å²) in [6.07, 6.45) is -1.93. The fraction of sp³-hybridized carbons (Fsp3) is 0.154. The van der Waals surface area contributed by atoms with E-state index in [0.29, 0.717) is 0 Å². The largest absolute Gasteiger partial charge is 0.433 e. The molecule has 104 valence electrons. The van der Waals surface area contributed by atoms with Gasteiger partial charge in [-0.25, -0.2) is 15.4 Å². The highest BCUT2D eigenvalue weighted by Gasteiger charge is 2.34. The van der Waals surface area contributed by atoms with E-state index in [1.165, 1.54) is 13.1 Å². The molecule has 0 spiro atoms. The third kappa shape index (κ3) is 3.53. The van der Waals surface area contributed by atoms with Crippen LogP contribution in [-0.4, -0.2) is 16.2 Å². The molecule has 0 amide bonds. The summed E-state index contributed by atoms with van der Waals surface area (Å²) in [5.74, 6) is -0.199. The van der Waals surface area contributed by atoms with Crippen LogP contribution in [0.1, 0.15) is 16.8 Å². The molecular formula is C13H11F3N4. The molecule has 2 aromatic rings. The van der Waals surface area contributed by atoms with Crippen molar-refractivity contribution >= 4 is 12.2 Å². The van der Waals surface area contributed by atoms with E-state index in [2.05, 4.69) is 20.5 Å². The van der Waals surface area contributed by atoms with Crippen molar-refractivity contribution in [1.82, 2.24) is 9.97 Å². The molecular weight excluding hydrogens is 269 g/mol. The number of alkyl halides is 3. The van der Waals surface area contributed by atoms with Gasteiger partial charge in [-0.1, -0.05) is 30.3 Å². The Morgan fingerprint density at radius 1 is 1.20 bits per heavy atom. The first-order valence-corrected chi connectivity index (χ1v) is 5.72. The summed E-state index contributed by atoms with van der Waals surface area (Å²) in [6, 6.07) is 9.12. The van der Waals surface area contributed by atoms with E-state index in [1.807, 2.05) is 30.3 Å². The minimum atomic E-state index is -4.51. The average molecular weight is 280 g/mol. The van der Waals surface area contributed by atoms with E-state index in [-0.39, 0.29) is 11.5 Å². The van der Waals surface area contributed by atoms with Crippen LogP contribution in [0, 0.1) is 6.92 Å². The monoisotopic (exact) mass is 280 g/mol. The predicted molar refractivity (Wildman–Crippen MR) is 69.4 cm³/mol. The van der Waals surface area contributed by atoms with Crippen molar-refractivity contribution < 1.29 is 13.2 Å². The Labute approximate surface area is 113 Å². The van der Waals surface area contributed by atoms with E-state index in [0.717, 1.165) is 11.8 Å². The number of anilines is 1. The molecule has 20 heavy (non-hydrogen) atoms. The van der Waals surface area contributed by atoms with Gasteiger partial charge in [0.1, 0.15) is 0 Å². The van der Waals surface area contributed by atoms with Crippen LogP contribution in [0.15, 0.2) is 41.6 Å². The van der Waals surface area contributed by atoms with Crippen molar-refractivity contribution in [2.24, 2.45) is 5.10 Å². The van der Waals surface area contributed by atoms with Crippen LogP contribution in [-0.2, 0) is 6.18 Å². The van der Waals surface area contributed by atoms with Crippen molar-refractivity contribution in [3.05, 3.63) is 53.3 Å². The van der Waals surface area contributed by atoms with Crippen LogP contribution < -0.4 is 5.43 Å². The Kier molecular flexibility index (Phi) is 3.97. The number of halogens is 3. The highest BCUT2D eigenvalue weighted by atomic mass is 19.4. The van der Waals surface area contributed by atoms with Crippen LogP contribution in [0.2, 0.25) is 0 Å². The maximum absolute atomic E-state index is 12.7. The summed E-state index contributed by atoms with van der Waals surface area (Å²) >= 11 is 0. The minimum Gasteiger partial charge on any atom is -0.245 e. The fourth-order valence-corrected chi connectivity index (χ4v) is 1.49. The zero-order chi connectivity index (χ0) is 14.6. The van der Waals surface area contributed by atoms with Gasteiger partial charge < -0.3 is 0 Å². The summed E-state index contributed by atoms with van der Waals surface area (Å²) in [5, 5.41) is 3.80. The SMILES string of the molecule is Cc1cnc(N/N=C/c2ccccc2)nc1C(F)(F)F. The molecule has 1 N–H and O–H groups in total. The quantitative estimate of drug-likeness (QED) is 0.693. The van der Waals surface area contributed by atoms with Crippen molar-refractivity contribution in [2.45, 2.75) is 13.1 Å². The standard InChI is InChI=1S/C13H11F3N4/c1-9-7-17-12(19-11(9)13(14,15)16)20-18-8-10-5-3-2-4-6-10/h2-8H,1H3,(H,17,19,20)/b18-8+. The molecule has 0 aliphatic rings. The highest BCUT2D eigenvalue weighted by molar-refractivity contribution is 5.79. The smallest absolute Gasteiger partial charge is 0.245 e. The topological polar surface area (TPSA) is 50.2 Å². The third-order valence-corrected chi connectivity index (χ3v) is 2.42. The third-order valence-electron chi connectivity index (χ3n) is 2.42. The number of hydrazone groups is 1. The lowest BCUT2D eigenvalue weighted by molar-refractivity contribution is -0.141. The second kappa shape index (κ2) is 5.68. The Hall–Kier alpha value is -2.44. The molecule has 0 aliphatic carbocycles. The zero-order valence-electron chi connectivity index (χ0n) is 10.5. The van der Waals surface area contributed by atoms with E-state index in [4.69, 9.17) is 0 Å². The van der Waals surface area contributed by atoms with E-state index < -0.39 is 11.9 Å². The van der Waals surface area contributed by atoms with Gasteiger partial charge in [-0.3, -0.25) is 0 Å². The van der Waals surface area contributed by atoms with Gasteiger partial charge in [-0.15, -0.1) is 0 Å². The first-order valence-electron chi connectivity index (χ1n) is 5.72. The average Bonchev–Trinajstić information content (AvgIpc) is 2.40. The summed E-state index contributed by atoms with van der Waals surface area (Å²) < 4.78 is 38.0. The minimum absolute atomic E-state index is 0.0323. The molecule has 1 aromatic carbocycles. The van der Waals surface area contributed by atoms with E-state index >= 15 is 0 Å². The fourth-order valence-electron chi connectivity index (χ4n) is 1.49. The van der Waals surface area contributed by atoms with Gasteiger partial charge in [0.05, 0.1) is 6.21 Å². The normalized spacial score (nSPS) is 11.8. The van der Waals surface area contributed by atoms with Gasteiger partial charge in [-0.2, -0.15) is 18.3 Å². The van der Waals surface area contributed by atoms with Gasteiger partial charge in [-0.05, 0) is 18.1 Å². The van der Waals surface area contributed by atoms with Crippen molar-refractivity contribution in [1.29, 1.82) is 0 Å². The second-order valence-corrected chi connectivity index (χ2v) is 4.00. The summed E-state index contributed by atoms with van der Waals surface area (Å²) in [5.41, 5.74) is 2.19. The van der Waals surface area contributed by atoms with E-state index in [1.54, 1.807) is 0 Å². The van der Waals surface area contributed by atoms with Crippen LogP contribution in [0.25, 0.3) is 0 Å². The number of hydrogen-bond donors (Lipinski definition) is 1. The molecule has 0 atom stereocenters. The van der Waals surface area contributed by atoms with Crippen LogP contribution in [0.5, 0.6) is 0 Å². The first kappa shape index (κ1) is 14.0. The second-order valence-electron chi connectivity index (χ2n) is 4.00. The van der Waals surface area contributed by atoms with Gasteiger partial charge in [0.2, 0.25) is 5.95 Å². The molecule has 1 aromatic heterocycles. The lowest BCUT2D eigenvalue weighted by Gasteiger charge is -2.09. The summed E-state index contributed by atoms with van der Waals surface area (Å²) in [4.78, 5) is 7.16. The van der Waals surface area contributed by atoms with Gasteiger partial charge in [0.25, 0.3) is 0 Å². The zero-order valence-corrected chi connectivity index (χ0v) is 10.5. The molecule has 0 unspecified atom stereocenters. The summed E-state index contributed by atoms with van der Waals surface area (Å²) in [6.45, 7) is 1.31. The van der Waals surface area contributed by atoms with Crippen LogP contribution in [0.4, 0.5) is 19.1 Å². The van der Waals surface area contributed by atoms with Crippen molar-refractivity contribution in [3.63, 3.8) is 0 Å². The Morgan fingerprint density at radius 2 is 1.90 bits per heavy atom. The number of aromatic nitrogens is 2. The Bertz CT molecular complexity index is 609. The Balaban J connectivity index is 2.13. The maximum Gasteiger partial charge on any atom is 0.433 e. The molecule has 0 aliphatic heterocycles. The molecule has 0 radical (unpaired) electrons. The maximum atomic E-state index is 12.7. The van der Waals surface area contributed by atoms with Crippen LogP contribution >= 0.6 is 0 Å². The van der Waals surface area contributed by atoms with Gasteiger partial charge in [0, 0.05) is 6.20 Å². The lowest BCUT2D eigenvalue weighted by atomic mass is 10.2. The number of nitrogens with one attached hydrogen (secondary N) is 1.